The number of benzene rings is 2. The second-order valence-electron chi connectivity index (χ2n) is 4.51. The molecule has 0 saturated carbocycles. The summed E-state index contributed by atoms with van der Waals surface area (Å²) in [4.78, 5) is 8.90. The van der Waals surface area contributed by atoms with Crippen LogP contribution in [0, 0.1) is 0 Å². The van der Waals surface area contributed by atoms with Crippen molar-refractivity contribution in [2.24, 2.45) is 0 Å². The molecule has 0 atom stereocenters. The predicted molar refractivity (Wildman–Crippen MR) is 85.4 cm³/mol. The van der Waals surface area contributed by atoms with Crippen molar-refractivity contribution in [2.75, 3.05) is 0 Å². The monoisotopic (exact) mass is 296 g/mol. The van der Waals surface area contributed by atoms with Gasteiger partial charge in [-0.3, -0.25) is 0 Å². The van der Waals surface area contributed by atoms with Crippen LogP contribution in [0.3, 0.4) is 0 Å². The molecule has 2 nitrogen and oxygen atoms in total. The van der Waals surface area contributed by atoms with E-state index in [2.05, 4.69) is 22.1 Å². The Hall–Kier alpha value is -1.97. The molecule has 2 aromatic carbocycles. The Balaban J connectivity index is 2.07. The minimum Gasteiger partial charge on any atom is -0.235 e. The van der Waals surface area contributed by atoms with Crippen LogP contribution in [0.15, 0.2) is 54.9 Å². The van der Waals surface area contributed by atoms with Gasteiger partial charge in [-0.1, -0.05) is 41.9 Å². The summed E-state index contributed by atoms with van der Waals surface area (Å²) in [6.07, 6.45) is 1.63. The second kappa shape index (κ2) is 4.54. The molecule has 0 amide bonds. The lowest BCUT2D eigenvalue weighted by atomic mass is 10.1. The van der Waals surface area contributed by atoms with Crippen molar-refractivity contribution in [3.8, 4) is 11.3 Å². The first-order valence-corrected chi connectivity index (χ1v) is 7.40. The van der Waals surface area contributed by atoms with Crippen molar-refractivity contribution >= 4 is 43.2 Å². The molecule has 4 aromatic rings. The fourth-order valence-corrected chi connectivity index (χ4v) is 3.63. The van der Waals surface area contributed by atoms with E-state index >= 15 is 0 Å². The molecule has 0 fully saturated rings. The maximum Gasteiger partial charge on any atom is 0.116 e. The fourth-order valence-electron chi connectivity index (χ4n) is 2.34. The Morgan fingerprint density at radius 3 is 2.55 bits per heavy atom. The van der Waals surface area contributed by atoms with Crippen LogP contribution < -0.4 is 0 Å². The normalized spacial score (nSPS) is 11.2. The minimum atomic E-state index is 0.732. The highest BCUT2D eigenvalue weighted by Crippen LogP contribution is 2.37. The van der Waals surface area contributed by atoms with Gasteiger partial charge in [0.25, 0.3) is 0 Å². The van der Waals surface area contributed by atoms with Gasteiger partial charge in [0.2, 0.25) is 0 Å². The number of thiophene rings is 1. The van der Waals surface area contributed by atoms with E-state index in [0.29, 0.717) is 0 Å². The largest absolute Gasteiger partial charge is 0.235 e. The van der Waals surface area contributed by atoms with E-state index in [0.717, 1.165) is 26.5 Å². The van der Waals surface area contributed by atoms with E-state index in [4.69, 9.17) is 11.6 Å². The molecule has 0 radical (unpaired) electrons. The summed E-state index contributed by atoms with van der Waals surface area (Å²) in [5.74, 6) is 0. The smallest absolute Gasteiger partial charge is 0.116 e. The summed E-state index contributed by atoms with van der Waals surface area (Å²) in [6, 6.07) is 16.1. The Bertz CT molecular complexity index is 913. The zero-order valence-electron chi connectivity index (χ0n) is 10.4. The molecule has 0 unspecified atom stereocenters. The van der Waals surface area contributed by atoms with Crippen LogP contribution in [-0.4, -0.2) is 9.97 Å². The van der Waals surface area contributed by atoms with Crippen LogP contribution >= 0.6 is 22.9 Å². The summed E-state index contributed by atoms with van der Waals surface area (Å²) in [5, 5.41) is 1.92. The van der Waals surface area contributed by atoms with Crippen LogP contribution in [-0.2, 0) is 0 Å². The number of aromatic nitrogens is 2. The summed E-state index contributed by atoms with van der Waals surface area (Å²) in [6.45, 7) is 0. The van der Waals surface area contributed by atoms with E-state index in [-0.39, 0.29) is 0 Å². The molecule has 0 spiro atoms. The fraction of sp³-hybridized carbons (Fsp3) is 0. The van der Waals surface area contributed by atoms with Gasteiger partial charge in [0, 0.05) is 20.7 Å². The van der Waals surface area contributed by atoms with E-state index in [1.807, 2.05) is 36.4 Å². The van der Waals surface area contributed by atoms with E-state index < -0.39 is 0 Å². The topological polar surface area (TPSA) is 25.8 Å². The Morgan fingerprint density at radius 1 is 0.900 bits per heavy atom. The second-order valence-corrected chi connectivity index (χ2v) is 5.99. The standard InChI is InChI=1S/C16H9ClN2S/c17-11-7-5-10(6-8-11)14-16-15(19-9-18-14)12-3-1-2-4-13(12)20-16/h1-9H. The van der Waals surface area contributed by atoms with E-state index in [9.17, 15) is 0 Å². The highest BCUT2D eigenvalue weighted by atomic mass is 35.5. The summed E-state index contributed by atoms with van der Waals surface area (Å²) >= 11 is 7.68. The number of hydrogen-bond donors (Lipinski definition) is 0. The average Bonchev–Trinajstić information content (AvgIpc) is 2.87. The van der Waals surface area contributed by atoms with Crippen LogP contribution in [0.1, 0.15) is 0 Å². The lowest BCUT2D eigenvalue weighted by molar-refractivity contribution is 1.24. The summed E-state index contributed by atoms with van der Waals surface area (Å²) in [5.41, 5.74) is 3.05. The molecule has 20 heavy (non-hydrogen) atoms. The first-order valence-electron chi connectivity index (χ1n) is 6.21. The van der Waals surface area contributed by atoms with Crippen molar-refractivity contribution in [1.29, 1.82) is 0 Å². The van der Waals surface area contributed by atoms with Crippen molar-refractivity contribution in [1.82, 2.24) is 9.97 Å². The van der Waals surface area contributed by atoms with Gasteiger partial charge in [-0.25, -0.2) is 9.97 Å². The predicted octanol–water partition coefficient (Wildman–Crippen LogP) is 5.16. The molecular weight excluding hydrogens is 288 g/mol. The zero-order chi connectivity index (χ0) is 13.5. The third kappa shape index (κ3) is 1.79. The van der Waals surface area contributed by atoms with Gasteiger partial charge in [-0.05, 0) is 18.2 Å². The highest BCUT2D eigenvalue weighted by molar-refractivity contribution is 7.26. The SMILES string of the molecule is Clc1ccc(-c2ncnc3c2sc2ccccc23)cc1. The molecule has 4 heteroatoms. The molecule has 4 rings (SSSR count). The molecule has 0 bridgehead atoms. The molecule has 0 aliphatic heterocycles. The molecule has 2 aromatic heterocycles. The lowest BCUT2D eigenvalue weighted by Crippen LogP contribution is -1.85. The quantitative estimate of drug-likeness (QED) is 0.484. The molecule has 0 N–H and O–H groups in total. The Labute approximate surface area is 124 Å². The van der Waals surface area contributed by atoms with Gasteiger partial charge < -0.3 is 0 Å². The van der Waals surface area contributed by atoms with E-state index in [1.54, 1.807) is 17.7 Å². The minimum absolute atomic E-state index is 0.732. The van der Waals surface area contributed by atoms with Crippen molar-refractivity contribution in [2.45, 2.75) is 0 Å². The van der Waals surface area contributed by atoms with Gasteiger partial charge >= 0.3 is 0 Å². The van der Waals surface area contributed by atoms with Crippen LogP contribution in [0.2, 0.25) is 5.02 Å². The lowest BCUT2D eigenvalue weighted by Gasteiger charge is -2.01. The number of hydrogen-bond acceptors (Lipinski definition) is 3. The van der Waals surface area contributed by atoms with Crippen LogP contribution in [0.25, 0.3) is 31.6 Å². The average molecular weight is 297 g/mol. The van der Waals surface area contributed by atoms with Gasteiger partial charge in [-0.2, -0.15) is 0 Å². The number of nitrogens with zero attached hydrogens (tertiary/aromatic N) is 2. The van der Waals surface area contributed by atoms with Gasteiger partial charge in [0.15, 0.2) is 0 Å². The van der Waals surface area contributed by atoms with Crippen molar-refractivity contribution < 1.29 is 0 Å². The maximum atomic E-state index is 5.95. The third-order valence-electron chi connectivity index (χ3n) is 3.28. The number of halogens is 1. The molecule has 2 heterocycles. The summed E-state index contributed by atoms with van der Waals surface area (Å²) < 4.78 is 2.36. The van der Waals surface area contributed by atoms with Gasteiger partial charge in [0.05, 0.1) is 15.9 Å². The Kier molecular flexibility index (Phi) is 2.69. The van der Waals surface area contributed by atoms with Crippen LogP contribution in [0.5, 0.6) is 0 Å². The first-order chi connectivity index (χ1) is 9.83. The van der Waals surface area contributed by atoms with Crippen molar-refractivity contribution in [3.05, 3.63) is 59.9 Å². The highest BCUT2D eigenvalue weighted by Gasteiger charge is 2.12. The van der Waals surface area contributed by atoms with Crippen LogP contribution in [0.4, 0.5) is 0 Å². The Morgan fingerprint density at radius 2 is 1.70 bits per heavy atom. The molecule has 0 aliphatic carbocycles. The van der Waals surface area contributed by atoms with Crippen molar-refractivity contribution in [3.63, 3.8) is 0 Å². The van der Waals surface area contributed by atoms with E-state index in [1.165, 1.54) is 10.1 Å². The van der Waals surface area contributed by atoms with Gasteiger partial charge in [0.1, 0.15) is 6.33 Å². The summed E-state index contributed by atoms with van der Waals surface area (Å²) in [7, 11) is 0. The molecule has 0 saturated heterocycles. The molecule has 0 aliphatic rings. The maximum absolute atomic E-state index is 5.95. The molecular formula is C16H9ClN2S. The zero-order valence-corrected chi connectivity index (χ0v) is 11.9. The number of rotatable bonds is 1. The number of fused-ring (bicyclic) bond motifs is 3. The molecule has 96 valence electrons. The first kappa shape index (κ1) is 11.8. The third-order valence-corrected chi connectivity index (χ3v) is 4.69. The van der Waals surface area contributed by atoms with Gasteiger partial charge in [-0.15, -0.1) is 11.3 Å².